The smallest absolute Gasteiger partial charge is 0.309 e. The van der Waals surface area contributed by atoms with E-state index in [2.05, 4.69) is 30.9 Å². The zero-order valence-electron chi connectivity index (χ0n) is 20.8. The van der Waals surface area contributed by atoms with Gasteiger partial charge in [0.2, 0.25) is 0 Å². The largest absolute Gasteiger partial charge is 0.493 e. The molecule has 1 fully saturated rings. The molecule has 0 amide bonds. The zero-order chi connectivity index (χ0) is 24.3. The van der Waals surface area contributed by atoms with Crippen molar-refractivity contribution in [3.05, 3.63) is 23.3 Å². The fourth-order valence-electron chi connectivity index (χ4n) is 5.27. The molecule has 184 valence electrons. The van der Waals surface area contributed by atoms with E-state index in [0.29, 0.717) is 18.4 Å². The molecule has 3 atom stereocenters. The average Bonchev–Trinajstić information content (AvgIpc) is 2.75. The van der Waals surface area contributed by atoms with Gasteiger partial charge in [0.05, 0.1) is 32.7 Å². The number of rotatable bonds is 9. The fourth-order valence-corrected chi connectivity index (χ4v) is 5.27. The Morgan fingerprint density at radius 1 is 1.15 bits per heavy atom. The number of benzene rings is 1. The van der Waals surface area contributed by atoms with Crippen LogP contribution >= 0.6 is 0 Å². The average molecular weight is 462 g/mol. The summed E-state index contributed by atoms with van der Waals surface area (Å²) in [4.78, 5) is 26.4. The lowest BCUT2D eigenvalue weighted by atomic mass is 9.74. The number of carboxylic acid groups (broad SMARTS) is 1. The summed E-state index contributed by atoms with van der Waals surface area (Å²) in [6.45, 7) is 9.87. The van der Waals surface area contributed by atoms with E-state index in [1.807, 2.05) is 0 Å². The SMILES string of the molecule is COc1cc2c(cc1OC)[C@H]1CC(COC(=O)CC(C)(C)C(=O)O)[C@H](CC(C)C)CN1CC2. The third kappa shape index (κ3) is 5.81. The van der Waals surface area contributed by atoms with Gasteiger partial charge in [0.25, 0.3) is 0 Å². The minimum atomic E-state index is -1.13. The maximum atomic E-state index is 12.4. The molecule has 0 spiro atoms. The lowest BCUT2D eigenvalue weighted by Crippen LogP contribution is -2.47. The minimum Gasteiger partial charge on any atom is -0.493 e. The Bertz CT molecular complexity index is 865. The quantitative estimate of drug-likeness (QED) is 0.548. The van der Waals surface area contributed by atoms with Crippen LogP contribution in [-0.4, -0.2) is 55.9 Å². The van der Waals surface area contributed by atoms with Crippen LogP contribution in [0.5, 0.6) is 11.5 Å². The van der Waals surface area contributed by atoms with Crippen molar-refractivity contribution >= 4 is 11.9 Å². The molecule has 0 saturated carbocycles. The van der Waals surface area contributed by atoms with E-state index < -0.39 is 17.4 Å². The molecular formula is C26H39NO6. The first-order valence-corrected chi connectivity index (χ1v) is 11.9. The van der Waals surface area contributed by atoms with E-state index in [4.69, 9.17) is 14.2 Å². The molecule has 7 nitrogen and oxygen atoms in total. The highest BCUT2D eigenvalue weighted by molar-refractivity contribution is 5.81. The Morgan fingerprint density at radius 3 is 2.42 bits per heavy atom. The van der Waals surface area contributed by atoms with Gasteiger partial charge in [-0.1, -0.05) is 13.8 Å². The summed E-state index contributed by atoms with van der Waals surface area (Å²) in [6, 6.07) is 4.44. The Hall–Kier alpha value is -2.28. The number of fused-ring (bicyclic) bond motifs is 3. The number of methoxy groups -OCH3 is 2. The van der Waals surface area contributed by atoms with Crippen molar-refractivity contribution in [2.75, 3.05) is 33.9 Å². The number of carbonyl (C=O) groups is 2. The van der Waals surface area contributed by atoms with Gasteiger partial charge in [0.1, 0.15) is 0 Å². The van der Waals surface area contributed by atoms with E-state index in [1.165, 1.54) is 11.1 Å². The Balaban J connectivity index is 1.78. The van der Waals surface area contributed by atoms with Gasteiger partial charge in [-0.05, 0) is 74.1 Å². The number of hydrogen-bond donors (Lipinski definition) is 1. The van der Waals surface area contributed by atoms with Gasteiger partial charge < -0.3 is 19.3 Å². The number of aliphatic carboxylic acids is 1. The first kappa shape index (κ1) is 25.3. The zero-order valence-corrected chi connectivity index (χ0v) is 20.8. The third-order valence-electron chi connectivity index (χ3n) is 7.17. The van der Waals surface area contributed by atoms with E-state index in [-0.39, 0.29) is 18.4 Å². The second-order valence-corrected chi connectivity index (χ2v) is 10.6. The van der Waals surface area contributed by atoms with Crippen LogP contribution in [-0.2, 0) is 20.7 Å². The number of piperidine rings is 1. The molecule has 0 bridgehead atoms. The standard InChI is InChI=1S/C26H39NO6/c1-16(2)9-18-14-27-8-7-17-11-22(31-5)23(32-6)12-20(17)21(27)10-19(18)15-33-24(28)13-26(3,4)25(29)30/h11-12,16,18-19,21H,7-10,13-15H2,1-6H3,(H,29,30)/t18-,19?,21-/m1/s1. The minimum absolute atomic E-state index is 0.126. The number of esters is 1. The normalized spacial score (nSPS) is 22.9. The summed E-state index contributed by atoms with van der Waals surface area (Å²) in [7, 11) is 3.32. The molecule has 0 aliphatic carbocycles. The van der Waals surface area contributed by atoms with Gasteiger partial charge in [0.15, 0.2) is 11.5 Å². The Kier molecular flexibility index (Phi) is 7.93. The van der Waals surface area contributed by atoms with Crippen LogP contribution in [0.25, 0.3) is 0 Å². The van der Waals surface area contributed by atoms with Crippen molar-refractivity contribution in [3.63, 3.8) is 0 Å². The predicted molar refractivity (Wildman–Crippen MR) is 126 cm³/mol. The van der Waals surface area contributed by atoms with Crippen LogP contribution in [0.1, 0.15) is 64.1 Å². The van der Waals surface area contributed by atoms with Crippen molar-refractivity contribution in [1.29, 1.82) is 0 Å². The van der Waals surface area contributed by atoms with Crippen LogP contribution in [0.2, 0.25) is 0 Å². The molecular weight excluding hydrogens is 422 g/mol. The lowest BCUT2D eigenvalue weighted by Gasteiger charge is -2.47. The van der Waals surface area contributed by atoms with E-state index in [1.54, 1.807) is 28.1 Å². The topological polar surface area (TPSA) is 85.3 Å². The first-order chi connectivity index (χ1) is 15.6. The van der Waals surface area contributed by atoms with Crippen molar-refractivity contribution in [3.8, 4) is 11.5 Å². The van der Waals surface area contributed by atoms with Crippen molar-refractivity contribution < 1.29 is 28.9 Å². The maximum Gasteiger partial charge on any atom is 0.309 e. The summed E-state index contributed by atoms with van der Waals surface area (Å²) >= 11 is 0. The second-order valence-electron chi connectivity index (χ2n) is 10.6. The first-order valence-electron chi connectivity index (χ1n) is 11.9. The van der Waals surface area contributed by atoms with Crippen LogP contribution < -0.4 is 9.47 Å². The molecule has 1 unspecified atom stereocenters. The molecule has 2 aliphatic rings. The highest BCUT2D eigenvalue weighted by Crippen LogP contribution is 2.45. The maximum absolute atomic E-state index is 12.4. The molecule has 1 saturated heterocycles. The second kappa shape index (κ2) is 10.3. The van der Waals surface area contributed by atoms with E-state index in [9.17, 15) is 14.7 Å². The lowest BCUT2D eigenvalue weighted by molar-refractivity contribution is -0.158. The number of ether oxygens (including phenoxy) is 3. The van der Waals surface area contributed by atoms with Crippen LogP contribution in [0.3, 0.4) is 0 Å². The number of carboxylic acids is 1. The van der Waals surface area contributed by atoms with Gasteiger partial charge in [-0.2, -0.15) is 0 Å². The molecule has 0 aromatic heterocycles. The van der Waals surface area contributed by atoms with Crippen molar-refractivity contribution in [2.24, 2.45) is 23.2 Å². The van der Waals surface area contributed by atoms with E-state index >= 15 is 0 Å². The highest BCUT2D eigenvalue weighted by atomic mass is 16.5. The van der Waals surface area contributed by atoms with Gasteiger partial charge >= 0.3 is 11.9 Å². The van der Waals surface area contributed by atoms with Gasteiger partial charge in [0, 0.05) is 19.1 Å². The molecule has 3 rings (SSSR count). The monoisotopic (exact) mass is 461 g/mol. The molecule has 2 heterocycles. The Morgan fingerprint density at radius 2 is 1.82 bits per heavy atom. The van der Waals surface area contributed by atoms with Gasteiger partial charge in [-0.15, -0.1) is 0 Å². The summed E-state index contributed by atoms with van der Waals surface area (Å²) in [5, 5.41) is 9.32. The van der Waals surface area contributed by atoms with Gasteiger partial charge in [-0.25, -0.2) is 0 Å². The summed E-state index contributed by atoms with van der Waals surface area (Å²) < 4.78 is 16.7. The molecule has 0 radical (unpaired) electrons. The third-order valence-corrected chi connectivity index (χ3v) is 7.17. The molecule has 7 heteroatoms. The van der Waals surface area contributed by atoms with Crippen LogP contribution in [0.15, 0.2) is 12.1 Å². The van der Waals surface area contributed by atoms with Crippen molar-refractivity contribution in [2.45, 2.75) is 59.4 Å². The fraction of sp³-hybridized carbons (Fsp3) is 0.692. The van der Waals surface area contributed by atoms with Gasteiger partial charge in [-0.3, -0.25) is 14.5 Å². The molecule has 2 aliphatic heterocycles. The molecule has 1 N–H and O–H groups in total. The summed E-state index contributed by atoms with van der Waals surface area (Å²) in [5.41, 5.74) is 1.43. The number of carbonyl (C=O) groups excluding carboxylic acids is 1. The predicted octanol–water partition coefficient (Wildman–Crippen LogP) is 4.33. The molecule has 1 aromatic rings. The molecule has 1 aromatic carbocycles. The molecule has 33 heavy (non-hydrogen) atoms. The highest BCUT2D eigenvalue weighted by Gasteiger charge is 2.40. The summed E-state index contributed by atoms with van der Waals surface area (Å²) in [5.74, 6) is 1.27. The van der Waals surface area contributed by atoms with Crippen molar-refractivity contribution in [1.82, 2.24) is 4.90 Å². The summed E-state index contributed by atoms with van der Waals surface area (Å²) in [6.07, 6.45) is 2.82. The number of hydrogen-bond acceptors (Lipinski definition) is 6. The van der Waals surface area contributed by atoms with Crippen LogP contribution in [0, 0.1) is 23.2 Å². The van der Waals surface area contributed by atoms with Crippen LogP contribution in [0.4, 0.5) is 0 Å². The number of nitrogens with zero attached hydrogens (tertiary/aromatic N) is 1. The van der Waals surface area contributed by atoms with E-state index in [0.717, 1.165) is 43.9 Å². The Labute approximate surface area is 197 Å².